The molecular weight excluding hydrogens is 495 g/mol. The first-order valence-corrected chi connectivity index (χ1v) is 14.5. The minimum Gasteiger partial charge on any atom is -0.454 e. The summed E-state index contributed by atoms with van der Waals surface area (Å²) in [7, 11) is 1.90. The Bertz CT molecular complexity index is 1850. The predicted octanol–water partition coefficient (Wildman–Crippen LogP) is 9.14. The average Bonchev–Trinajstić information content (AvgIpc) is 3.36. The van der Waals surface area contributed by atoms with Crippen LogP contribution in [0, 0.1) is 35.9 Å². The Morgan fingerprint density at radius 3 is 2.40 bits per heavy atom. The van der Waals surface area contributed by atoms with Gasteiger partial charge in [0.1, 0.15) is 24.0 Å². The molecule has 3 unspecified atom stereocenters. The van der Waals surface area contributed by atoms with Gasteiger partial charge in [-0.1, -0.05) is 62.1 Å². The molecule has 0 radical (unpaired) electrons. The molecule has 2 heterocycles. The van der Waals surface area contributed by atoms with Crippen LogP contribution in [0.25, 0.3) is 44.3 Å². The van der Waals surface area contributed by atoms with Gasteiger partial charge in [0.2, 0.25) is 5.69 Å². The van der Waals surface area contributed by atoms with Gasteiger partial charge in [-0.05, 0) is 72.7 Å². The van der Waals surface area contributed by atoms with E-state index in [1.807, 2.05) is 42.8 Å². The fourth-order valence-electron chi connectivity index (χ4n) is 7.34. The molecule has 4 heteroatoms. The van der Waals surface area contributed by atoms with Crippen molar-refractivity contribution in [2.45, 2.75) is 57.8 Å². The number of rotatable bonds is 3. The Labute approximate surface area is 236 Å². The Morgan fingerprint density at radius 2 is 1.62 bits per heavy atom. The quantitative estimate of drug-likeness (QED) is 0.218. The number of hydrogen-bond acceptors (Lipinski definition) is 2. The van der Waals surface area contributed by atoms with E-state index in [1.54, 1.807) is 6.20 Å². The molecule has 5 aromatic rings. The maximum atomic E-state index is 14.3. The third-order valence-corrected chi connectivity index (χ3v) is 9.48. The number of aromatic nitrogens is 1. The van der Waals surface area contributed by atoms with Gasteiger partial charge in [-0.3, -0.25) is 0 Å². The molecule has 2 fully saturated rings. The second kappa shape index (κ2) is 9.89. The van der Waals surface area contributed by atoms with Gasteiger partial charge < -0.3 is 4.42 Å². The highest BCUT2D eigenvalue weighted by molar-refractivity contribution is 6.14. The number of nitriles is 1. The molecule has 0 amide bonds. The van der Waals surface area contributed by atoms with E-state index in [0.717, 1.165) is 69.5 Å². The number of aryl methyl sites for hydroxylation is 2. The molecule has 2 aliphatic carbocycles. The standard InChI is InChI=1S/C36H34FN2O/c1-22-7-15-30-31-16-14-28(21-38)34(36(31)40-35(30)33(22)32-20-29(37)17-18-39(32)2)25-11-8-24(9-12-25)27-13-10-23-5-3-4-6-26(23)19-27/h7-9,11-12,14-18,20,23,26-27H,3-6,10,13,19H2,1-2H3/q+1/i27D. The highest BCUT2D eigenvalue weighted by Gasteiger charge is 2.32. The molecule has 3 atom stereocenters. The van der Waals surface area contributed by atoms with Gasteiger partial charge in [-0.25, -0.2) is 8.96 Å². The van der Waals surface area contributed by atoms with E-state index >= 15 is 0 Å². The zero-order valence-electron chi connectivity index (χ0n) is 24.1. The molecule has 7 rings (SSSR count). The second-order valence-corrected chi connectivity index (χ2v) is 11.8. The maximum Gasteiger partial charge on any atom is 0.219 e. The second-order valence-electron chi connectivity index (χ2n) is 11.8. The summed E-state index contributed by atoms with van der Waals surface area (Å²) in [6.07, 6.45) is 9.96. The number of benzene rings is 3. The number of fused-ring (bicyclic) bond motifs is 4. The van der Waals surface area contributed by atoms with Crippen molar-refractivity contribution in [2.24, 2.45) is 18.9 Å². The van der Waals surface area contributed by atoms with Gasteiger partial charge in [0.15, 0.2) is 6.20 Å². The molecule has 3 nitrogen and oxygen atoms in total. The highest BCUT2D eigenvalue weighted by atomic mass is 19.1. The number of pyridine rings is 1. The van der Waals surface area contributed by atoms with E-state index in [4.69, 9.17) is 4.42 Å². The van der Waals surface area contributed by atoms with Crippen LogP contribution in [0.15, 0.2) is 71.3 Å². The van der Waals surface area contributed by atoms with Gasteiger partial charge in [0.05, 0.1) is 17.2 Å². The van der Waals surface area contributed by atoms with Crippen LogP contribution < -0.4 is 4.57 Å². The molecule has 0 aliphatic heterocycles. The molecule has 40 heavy (non-hydrogen) atoms. The van der Waals surface area contributed by atoms with Gasteiger partial charge in [-0.2, -0.15) is 5.26 Å². The van der Waals surface area contributed by atoms with Crippen LogP contribution >= 0.6 is 0 Å². The molecule has 2 saturated carbocycles. The smallest absolute Gasteiger partial charge is 0.219 e. The van der Waals surface area contributed by atoms with Crippen molar-refractivity contribution in [2.75, 3.05) is 0 Å². The highest BCUT2D eigenvalue weighted by Crippen LogP contribution is 2.47. The van der Waals surface area contributed by atoms with E-state index in [-0.39, 0.29) is 5.82 Å². The van der Waals surface area contributed by atoms with Crippen molar-refractivity contribution in [1.82, 2.24) is 0 Å². The lowest BCUT2D eigenvalue weighted by atomic mass is 9.66. The largest absolute Gasteiger partial charge is 0.454 e. The number of halogens is 1. The van der Waals surface area contributed by atoms with Crippen molar-refractivity contribution in [3.8, 4) is 28.5 Å². The molecule has 200 valence electrons. The van der Waals surface area contributed by atoms with Gasteiger partial charge in [0, 0.05) is 29.8 Å². The SMILES string of the molecule is [2H]C1(c2ccc(-c3c(C#N)ccc4c3oc3c(-c5cc(F)cc[n+]5C)c(C)ccc34)cc2)CCC2CCCCC2C1. The van der Waals surface area contributed by atoms with E-state index in [9.17, 15) is 11.0 Å². The summed E-state index contributed by atoms with van der Waals surface area (Å²) in [6, 6.07) is 21.5. The first-order chi connectivity index (χ1) is 19.9. The summed E-state index contributed by atoms with van der Waals surface area (Å²) in [5, 5.41) is 12.0. The van der Waals surface area contributed by atoms with E-state index in [2.05, 4.69) is 30.3 Å². The molecule has 0 N–H and O–H groups in total. The predicted molar refractivity (Wildman–Crippen MR) is 157 cm³/mol. The number of nitrogens with zero attached hydrogens (tertiary/aromatic N) is 2. The van der Waals surface area contributed by atoms with Crippen molar-refractivity contribution >= 4 is 21.9 Å². The third-order valence-electron chi connectivity index (χ3n) is 9.48. The average molecular weight is 531 g/mol. The van der Waals surface area contributed by atoms with Crippen LogP contribution in [0.5, 0.6) is 0 Å². The van der Waals surface area contributed by atoms with E-state index in [0.29, 0.717) is 22.6 Å². The van der Waals surface area contributed by atoms with Crippen LogP contribution in [0.3, 0.4) is 0 Å². The lowest BCUT2D eigenvalue weighted by Gasteiger charge is -2.39. The molecule has 2 aromatic heterocycles. The Balaban J connectivity index is 1.35. The lowest BCUT2D eigenvalue weighted by Crippen LogP contribution is -2.30. The summed E-state index contributed by atoms with van der Waals surface area (Å²) in [6.45, 7) is 2.00. The van der Waals surface area contributed by atoms with E-state index < -0.39 is 5.89 Å². The van der Waals surface area contributed by atoms with Crippen LogP contribution in [0.4, 0.5) is 4.39 Å². The number of hydrogen-bond donors (Lipinski definition) is 0. The summed E-state index contributed by atoms with van der Waals surface area (Å²) in [4.78, 5) is 0. The zero-order valence-corrected chi connectivity index (χ0v) is 23.1. The van der Waals surface area contributed by atoms with Crippen molar-refractivity contribution in [3.63, 3.8) is 0 Å². The van der Waals surface area contributed by atoms with Gasteiger partial charge in [-0.15, -0.1) is 0 Å². The molecule has 0 spiro atoms. The minimum absolute atomic E-state index is 0.303. The Kier molecular flexibility index (Phi) is 5.91. The molecule has 3 aromatic carbocycles. The first kappa shape index (κ1) is 23.9. The summed E-state index contributed by atoms with van der Waals surface area (Å²) >= 11 is 0. The first-order valence-electron chi connectivity index (χ1n) is 15.0. The third kappa shape index (κ3) is 4.11. The number of furan rings is 1. The van der Waals surface area contributed by atoms with Crippen LogP contribution in [-0.2, 0) is 7.05 Å². The van der Waals surface area contributed by atoms with Gasteiger partial charge in [0.25, 0.3) is 0 Å². The molecule has 0 saturated heterocycles. The normalized spacial score (nSPS) is 23.1. The van der Waals surface area contributed by atoms with Crippen molar-refractivity contribution in [3.05, 3.63) is 89.4 Å². The van der Waals surface area contributed by atoms with E-state index in [1.165, 1.54) is 37.8 Å². The summed E-state index contributed by atoms with van der Waals surface area (Å²) in [5.74, 6) is 0.616. The van der Waals surface area contributed by atoms with Crippen LogP contribution in [0.1, 0.15) is 68.9 Å². The van der Waals surface area contributed by atoms with Crippen molar-refractivity contribution < 1.29 is 14.7 Å². The Hall–Kier alpha value is -3.97. The minimum atomic E-state index is -0.548. The van der Waals surface area contributed by atoms with Crippen LogP contribution in [0.2, 0.25) is 0 Å². The maximum absolute atomic E-state index is 14.3. The fourth-order valence-corrected chi connectivity index (χ4v) is 7.34. The molecule has 0 bridgehead atoms. The lowest BCUT2D eigenvalue weighted by molar-refractivity contribution is -0.660. The van der Waals surface area contributed by atoms with Gasteiger partial charge >= 0.3 is 0 Å². The fraction of sp³-hybridized carbons (Fsp3) is 0.333. The topological polar surface area (TPSA) is 40.8 Å². The molecular formula is C36H34FN2O+. The van der Waals surface area contributed by atoms with Crippen LogP contribution in [-0.4, -0.2) is 0 Å². The Morgan fingerprint density at radius 1 is 0.900 bits per heavy atom. The summed E-state index contributed by atoms with van der Waals surface area (Å²) in [5.41, 5.74) is 7.16. The monoisotopic (exact) mass is 530 g/mol. The molecule has 2 aliphatic rings. The summed E-state index contributed by atoms with van der Waals surface area (Å²) < 4.78 is 32.3. The zero-order chi connectivity index (χ0) is 28.3. The van der Waals surface area contributed by atoms with Crippen molar-refractivity contribution in [1.29, 1.82) is 5.26 Å².